The number of hydrogen-bond acceptors (Lipinski definition) is 1. The van der Waals surface area contributed by atoms with E-state index >= 15 is 0 Å². The van der Waals surface area contributed by atoms with E-state index in [-0.39, 0.29) is 0 Å². The van der Waals surface area contributed by atoms with Crippen LogP contribution >= 0.6 is 0 Å². The van der Waals surface area contributed by atoms with Gasteiger partial charge in [-0.25, -0.2) is 0 Å². The van der Waals surface area contributed by atoms with Crippen molar-refractivity contribution >= 4 is 0 Å². The summed E-state index contributed by atoms with van der Waals surface area (Å²) in [6.07, 6.45) is -1.00. The summed E-state index contributed by atoms with van der Waals surface area (Å²) >= 11 is 0. The Morgan fingerprint density at radius 3 is 2.14 bits per heavy atom. The number of hydrogen-bond donors (Lipinski definition) is 1. The molecular formula is C10H18F3N. The average molecular weight is 209 g/mol. The van der Waals surface area contributed by atoms with Crippen LogP contribution in [0.25, 0.3) is 0 Å². The summed E-state index contributed by atoms with van der Waals surface area (Å²) in [7, 11) is 0. The summed E-state index contributed by atoms with van der Waals surface area (Å²) in [5.41, 5.74) is 0. The maximum absolute atomic E-state index is 12.3. The van der Waals surface area contributed by atoms with Crippen molar-refractivity contribution in [3.05, 3.63) is 0 Å². The maximum Gasteiger partial charge on any atom is 0.391 e. The molecule has 0 aliphatic heterocycles. The molecule has 1 aliphatic rings. The zero-order chi connectivity index (χ0) is 10.6. The second kappa shape index (κ2) is 5.01. The molecule has 1 aliphatic carbocycles. The first-order valence-electron chi connectivity index (χ1n) is 5.34. The van der Waals surface area contributed by atoms with Crippen molar-refractivity contribution in [2.24, 2.45) is 5.92 Å². The summed E-state index contributed by atoms with van der Waals surface area (Å²) in [6.45, 7) is 2.98. The molecule has 0 aromatic carbocycles. The third kappa shape index (κ3) is 3.48. The lowest BCUT2D eigenvalue weighted by Gasteiger charge is -2.30. The Morgan fingerprint density at radius 2 is 1.71 bits per heavy atom. The fourth-order valence-corrected chi connectivity index (χ4v) is 1.97. The van der Waals surface area contributed by atoms with Gasteiger partial charge < -0.3 is 5.32 Å². The zero-order valence-corrected chi connectivity index (χ0v) is 8.53. The second-order valence-electron chi connectivity index (χ2n) is 4.04. The largest absolute Gasteiger partial charge is 0.391 e. The molecule has 1 N–H and O–H groups in total. The summed E-state index contributed by atoms with van der Waals surface area (Å²) in [4.78, 5) is 0. The Kier molecular flexibility index (Phi) is 4.23. The van der Waals surface area contributed by atoms with E-state index in [1.165, 1.54) is 0 Å². The lowest BCUT2D eigenvalue weighted by atomic mass is 9.85. The van der Waals surface area contributed by atoms with Crippen LogP contribution in [-0.2, 0) is 0 Å². The molecule has 14 heavy (non-hydrogen) atoms. The molecule has 1 rings (SSSR count). The molecule has 0 aromatic rings. The molecule has 0 amide bonds. The first-order chi connectivity index (χ1) is 6.54. The van der Waals surface area contributed by atoms with E-state index in [0.29, 0.717) is 31.7 Å². The minimum Gasteiger partial charge on any atom is -0.314 e. The van der Waals surface area contributed by atoms with Gasteiger partial charge in [0.25, 0.3) is 0 Å². The highest BCUT2D eigenvalue weighted by molar-refractivity contribution is 4.80. The van der Waals surface area contributed by atoms with Gasteiger partial charge >= 0.3 is 6.18 Å². The lowest BCUT2D eigenvalue weighted by molar-refractivity contribution is -0.182. The predicted octanol–water partition coefficient (Wildman–Crippen LogP) is 3.11. The van der Waals surface area contributed by atoms with Gasteiger partial charge in [0.2, 0.25) is 0 Å². The molecule has 0 aromatic heterocycles. The molecule has 1 fully saturated rings. The molecule has 0 spiro atoms. The van der Waals surface area contributed by atoms with Crippen molar-refractivity contribution in [3.8, 4) is 0 Å². The van der Waals surface area contributed by atoms with Crippen LogP contribution in [0.5, 0.6) is 0 Å². The Balaban J connectivity index is 2.24. The summed E-state index contributed by atoms with van der Waals surface area (Å²) < 4.78 is 36.9. The van der Waals surface area contributed by atoms with Gasteiger partial charge in [-0.3, -0.25) is 0 Å². The molecular weight excluding hydrogens is 191 g/mol. The van der Waals surface area contributed by atoms with Gasteiger partial charge in [-0.2, -0.15) is 13.2 Å². The second-order valence-corrected chi connectivity index (χ2v) is 4.04. The van der Waals surface area contributed by atoms with Crippen molar-refractivity contribution in [3.63, 3.8) is 0 Å². The van der Waals surface area contributed by atoms with E-state index in [4.69, 9.17) is 0 Å². The molecule has 0 bridgehead atoms. The monoisotopic (exact) mass is 209 g/mol. The third-order valence-electron chi connectivity index (χ3n) is 2.87. The van der Waals surface area contributed by atoms with Crippen LogP contribution in [0.4, 0.5) is 13.2 Å². The fourth-order valence-electron chi connectivity index (χ4n) is 1.97. The van der Waals surface area contributed by atoms with Crippen molar-refractivity contribution < 1.29 is 13.2 Å². The van der Waals surface area contributed by atoms with Gasteiger partial charge in [-0.1, -0.05) is 6.92 Å². The van der Waals surface area contributed by atoms with Gasteiger partial charge in [-0.05, 0) is 38.6 Å². The minimum atomic E-state index is -3.98. The average Bonchev–Trinajstić information content (AvgIpc) is 2.14. The molecule has 4 heteroatoms. The minimum absolute atomic E-state index is 0.297. The standard InChI is InChI=1S/C10H18F3N/c1-2-7-14-9-5-3-8(4-6-9)10(11,12)13/h8-9,14H,2-7H2,1H3. The first kappa shape index (κ1) is 11.8. The van der Waals surface area contributed by atoms with E-state index in [0.717, 1.165) is 13.0 Å². The van der Waals surface area contributed by atoms with E-state index < -0.39 is 12.1 Å². The summed E-state index contributed by atoms with van der Waals surface area (Å²) in [5.74, 6) is -1.05. The summed E-state index contributed by atoms with van der Waals surface area (Å²) in [6, 6.07) is 0.313. The molecule has 0 heterocycles. The lowest BCUT2D eigenvalue weighted by Crippen LogP contribution is -2.37. The van der Waals surface area contributed by atoms with Crippen molar-refractivity contribution in [2.45, 2.75) is 51.2 Å². The van der Waals surface area contributed by atoms with E-state index in [9.17, 15) is 13.2 Å². The Morgan fingerprint density at radius 1 is 1.14 bits per heavy atom. The first-order valence-corrected chi connectivity index (χ1v) is 5.34. The number of rotatable bonds is 3. The molecule has 84 valence electrons. The van der Waals surface area contributed by atoms with Crippen LogP contribution < -0.4 is 5.32 Å². The quantitative estimate of drug-likeness (QED) is 0.753. The van der Waals surface area contributed by atoms with Crippen molar-refractivity contribution in [2.75, 3.05) is 6.54 Å². The summed E-state index contributed by atoms with van der Waals surface area (Å²) in [5, 5.41) is 3.28. The van der Waals surface area contributed by atoms with Crippen molar-refractivity contribution in [1.82, 2.24) is 5.32 Å². The van der Waals surface area contributed by atoms with Gasteiger partial charge in [-0.15, -0.1) is 0 Å². The highest BCUT2D eigenvalue weighted by Crippen LogP contribution is 2.37. The SMILES string of the molecule is CCCNC1CCC(C(F)(F)F)CC1. The van der Waals surface area contributed by atoms with Gasteiger partial charge in [0.05, 0.1) is 5.92 Å². The number of nitrogens with one attached hydrogen (secondary N) is 1. The molecule has 1 saturated carbocycles. The molecule has 1 nitrogen and oxygen atoms in total. The van der Waals surface area contributed by atoms with E-state index in [2.05, 4.69) is 12.2 Å². The van der Waals surface area contributed by atoms with E-state index in [1.54, 1.807) is 0 Å². The predicted molar refractivity (Wildman–Crippen MR) is 50.1 cm³/mol. The normalized spacial score (nSPS) is 29.1. The smallest absolute Gasteiger partial charge is 0.314 e. The molecule has 0 saturated heterocycles. The van der Waals surface area contributed by atoms with Gasteiger partial charge in [0, 0.05) is 6.04 Å². The van der Waals surface area contributed by atoms with E-state index in [1.807, 2.05) is 0 Å². The van der Waals surface area contributed by atoms with Gasteiger partial charge in [0.15, 0.2) is 0 Å². The number of halogens is 3. The van der Waals surface area contributed by atoms with Gasteiger partial charge in [0.1, 0.15) is 0 Å². The molecule has 0 atom stereocenters. The Bertz CT molecular complexity index is 159. The highest BCUT2D eigenvalue weighted by Gasteiger charge is 2.41. The van der Waals surface area contributed by atoms with Crippen LogP contribution in [0, 0.1) is 5.92 Å². The number of alkyl halides is 3. The third-order valence-corrected chi connectivity index (χ3v) is 2.87. The van der Waals surface area contributed by atoms with Crippen molar-refractivity contribution in [1.29, 1.82) is 0 Å². The highest BCUT2D eigenvalue weighted by atomic mass is 19.4. The van der Waals surface area contributed by atoms with Crippen LogP contribution in [0.1, 0.15) is 39.0 Å². The zero-order valence-electron chi connectivity index (χ0n) is 8.53. The van der Waals surface area contributed by atoms with Crippen LogP contribution in [0.3, 0.4) is 0 Å². The topological polar surface area (TPSA) is 12.0 Å². The van der Waals surface area contributed by atoms with Crippen LogP contribution in [0.15, 0.2) is 0 Å². The molecule has 0 radical (unpaired) electrons. The molecule has 0 unspecified atom stereocenters. The maximum atomic E-state index is 12.3. The Hall–Kier alpha value is -0.250. The van der Waals surface area contributed by atoms with Crippen LogP contribution in [0.2, 0.25) is 0 Å². The van der Waals surface area contributed by atoms with Crippen LogP contribution in [-0.4, -0.2) is 18.8 Å². The fraction of sp³-hybridized carbons (Fsp3) is 1.00. The Labute approximate surface area is 83.1 Å².